The summed E-state index contributed by atoms with van der Waals surface area (Å²) in [5.74, 6) is 0. The third-order valence-electron chi connectivity index (χ3n) is 3.26. The Morgan fingerprint density at radius 2 is 1.89 bits per heavy atom. The van der Waals surface area contributed by atoms with E-state index in [-0.39, 0.29) is 6.04 Å². The maximum atomic E-state index is 4.40. The van der Waals surface area contributed by atoms with Crippen molar-refractivity contribution in [3.05, 3.63) is 64.4 Å². The van der Waals surface area contributed by atoms with Gasteiger partial charge in [0.05, 0.1) is 5.69 Å². The second-order valence-electron chi connectivity index (χ2n) is 4.66. The van der Waals surface area contributed by atoms with Crippen LogP contribution in [0.15, 0.2) is 53.1 Å². The van der Waals surface area contributed by atoms with Crippen LogP contribution < -0.4 is 5.32 Å². The summed E-state index contributed by atoms with van der Waals surface area (Å²) in [7, 11) is 0. The molecule has 3 heteroatoms. The zero-order chi connectivity index (χ0) is 13.7. The average Bonchev–Trinajstić information content (AvgIpc) is 2.46. The highest BCUT2D eigenvalue weighted by molar-refractivity contribution is 9.10. The van der Waals surface area contributed by atoms with Crippen LogP contribution in [0.1, 0.15) is 43.6 Å². The van der Waals surface area contributed by atoms with Crippen LogP contribution in [0.4, 0.5) is 0 Å². The molecule has 0 fully saturated rings. The van der Waals surface area contributed by atoms with Crippen molar-refractivity contribution in [1.29, 1.82) is 0 Å². The molecule has 0 spiro atoms. The Balaban J connectivity index is 2.09. The molecule has 1 N–H and O–H groups in total. The number of aromatic nitrogens is 1. The Morgan fingerprint density at radius 3 is 2.47 bits per heavy atom. The minimum absolute atomic E-state index is 0.245. The van der Waals surface area contributed by atoms with E-state index in [0.29, 0.717) is 6.04 Å². The normalized spacial score (nSPS) is 14.1. The van der Waals surface area contributed by atoms with Crippen LogP contribution in [0.2, 0.25) is 0 Å². The summed E-state index contributed by atoms with van der Waals surface area (Å²) in [4.78, 5) is 4.40. The van der Waals surface area contributed by atoms with Crippen LogP contribution in [0.5, 0.6) is 0 Å². The van der Waals surface area contributed by atoms with Crippen molar-refractivity contribution in [1.82, 2.24) is 10.3 Å². The zero-order valence-electron chi connectivity index (χ0n) is 11.3. The first-order valence-corrected chi connectivity index (χ1v) is 7.42. The van der Waals surface area contributed by atoms with E-state index in [4.69, 9.17) is 0 Å². The smallest absolute Gasteiger partial charge is 0.0570 e. The molecule has 2 atom stereocenters. The first-order valence-electron chi connectivity index (χ1n) is 6.63. The topological polar surface area (TPSA) is 24.9 Å². The zero-order valence-corrected chi connectivity index (χ0v) is 12.9. The number of hydrogen-bond donors (Lipinski definition) is 1. The summed E-state index contributed by atoms with van der Waals surface area (Å²) in [5, 5.41) is 3.64. The van der Waals surface area contributed by atoms with E-state index in [9.17, 15) is 0 Å². The van der Waals surface area contributed by atoms with E-state index in [0.717, 1.165) is 16.6 Å². The third-order valence-corrected chi connectivity index (χ3v) is 3.79. The van der Waals surface area contributed by atoms with Crippen molar-refractivity contribution in [2.24, 2.45) is 0 Å². The molecule has 2 nitrogen and oxygen atoms in total. The highest BCUT2D eigenvalue weighted by atomic mass is 79.9. The van der Waals surface area contributed by atoms with Crippen LogP contribution in [0.25, 0.3) is 0 Å². The Morgan fingerprint density at radius 1 is 1.16 bits per heavy atom. The molecule has 0 saturated carbocycles. The van der Waals surface area contributed by atoms with Crippen molar-refractivity contribution in [2.45, 2.75) is 32.4 Å². The lowest BCUT2D eigenvalue weighted by molar-refractivity contribution is 0.450. The van der Waals surface area contributed by atoms with Gasteiger partial charge in [-0.3, -0.25) is 4.98 Å². The van der Waals surface area contributed by atoms with E-state index in [2.05, 4.69) is 70.4 Å². The van der Waals surface area contributed by atoms with E-state index in [1.807, 2.05) is 18.3 Å². The summed E-state index contributed by atoms with van der Waals surface area (Å²) in [6.45, 7) is 4.36. The molecule has 2 unspecified atom stereocenters. The summed E-state index contributed by atoms with van der Waals surface area (Å²) in [5.41, 5.74) is 2.39. The monoisotopic (exact) mass is 318 g/mol. The van der Waals surface area contributed by atoms with Crippen LogP contribution >= 0.6 is 15.9 Å². The van der Waals surface area contributed by atoms with Gasteiger partial charge in [0.2, 0.25) is 0 Å². The Bertz CT molecular complexity index is 496. The predicted molar refractivity (Wildman–Crippen MR) is 83.0 cm³/mol. The Kier molecular flexibility index (Phi) is 5.11. The van der Waals surface area contributed by atoms with Crippen molar-refractivity contribution in [3.8, 4) is 0 Å². The molecule has 1 aromatic heterocycles. The standard InChI is InChI=1S/C16H19BrN2/c1-3-15(13-7-9-14(17)10-8-13)19-12(2)16-6-4-5-11-18-16/h4-12,15,19H,3H2,1-2H3. The molecule has 2 aromatic rings. The van der Waals surface area contributed by atoms with Crippen molar-refractivity contribution in [2.75, 3.05) is 0 Å². The van der Waals surface area contributed by atoms with Gasteiger partial charge < -0.3 is 5.32 Å². The molecule has 1 heterocycles. The molecule has 0 aliphatic carbocycles. The largest absolute Gasteiger partial charge is 0.302 e. The Hall–Kier alpha value is -1.19. The third kappa shape index (κ3) is 3.88. The fourth-order valence-corrected chi connectivity index (χ4v) is 2.43. The molecular weight excluding hydrogens is 300 g/mol. The average molecular weight is 319 g/mol. The summed E-state index contributed by atoms with van der Waals surface area (Å²) in [6, 6.07) is 15.1. The molecule has 0 amide bonds. The molecule has 0 aliphatic heterocycles. The van der Waals surface area contributed by atoms with Gasteiger partial charge in [-0.1, -0.05) is 41.1 Å². The second-order valence-corrected chi connectivity index (χ2v) is 5.57. The number of halogens is 1. The Labute approximate surface area is 123 Å². The molecule has 1 aromatic carbocycles. The number of benzene rings is 1. The molecule has 0 aliphatic rings. The highest BCUT2D eigenvalue weighted by Crippen LogP contribution is 2.22. The van der Waals surface area contributed by atoms with E-state index < -0.39 is 0 Å². The van der Waals surface area contributed by atoms with Crippen molar-refractivity contribution in [3.63, 3.8) is 0 Å². The maximum absolute atomic E-state index is 4.40. The fraction of sp³-hybridized carbons (Fsp3) is 0.312. The number of pyridine rings is 1. The van der Waals surface area contributed by atoms with Crippen LogP contribution in [-0.2, 0) is 0 Å². The number of nitrogens with one attached hydrogen (secondary N) is 1. The lowest BCUT2D eigenvalue weighted by atomic mass is 10.0. The molecular formula is C16H19BrN2. The minimum Gasteiger partial charge on any atom is -0.302 e. The lowest BCUT2D eigenvalue weighted by Crippen LogP contribution is -2.24. The van der Waals surface area contributed by atoms with Gasteiger partial charge in [0, 0.05) is 22.8 Å². The van der Waals surface area contributed by atoms with Crippen molar-refractivity contribution < 1.29 is 0 Å². The van der Waals surface area contributed by atoms with Gasteiger partial charge >= 0.3 is 0 Å². The fourth-order valence-electron chi connectivity index (χ4n) is 2.16. The number of hydrogen-bond acceptors (Lipinski definition) is 2. The first-order chi connectivity index (χ1) is 9.20. The summed E-state index contributed by atoms with van der Waals surface area (Å²) >= 11 is 3.47. The van der Waals surface area contributed by atoms with Crippen molar-refractivity contribution >= 4 is 15.9 Å². The molecule has 19 heavy (non-hydrogen) atoms. The summed E-state index contributed by atoms with van der Waals surface area (Å²) < 4.78 is 1.11. The van der Waals surface area contributed by atoms with Crippen LogP contribution in [-0.4, -0.2) is 4.98 Å². The van der Waals surface area contributed by atoms with E-state index in [1.165, 1.54) is 5.56 Å². The molecule has 100 valence electrons. The van der Waals surface area contributed by atoms with E-state index in [1.54, 1.807) is 0 Å². The van der Waals surface area contributed by atoms with Gasteiger partial charge in [0.15, 0.2) is 0 Å². The molecule has 0 saturated heterocycles. The maximum Gasteiger partial charge on any atom is 0.0570 e. The van der Waals surface area contributed by atoms with E-state index >= 15 is 0 Å². The van der Waals surface area contributed by atoms with Crippen LogP contribution in [0.3, 0.4) is 0 Å². The molecule has 2 rings (SSSR count). The second kappa shape index (κ2) is 6.83. The predicted octanol–water partition coefficient (Wildman–Crippen LogP) is 4.65. The molecule has 0 radical (unpaired) electrons. The van der Waals surface area contributed by atoms with Crippen LogP contribution in [0, 0.1) is 0 Å². The molecule has 0 bridgehead atoms. The van der Waals surface area contributed by atoms with Gasteiger partial charge in [0.1, 0.15) is 0 Å². The highest BCUT2D eigenvalue weighted by Gasteiger charge is 2.14. The van der Waals surface area contributed by atoms with Gasteiger partial charge in [-0.25, -0.2) is 0 Å². The van der Waals surface area contributed by atoms with Gasteiger partial charge in [-0.2, -0.15) is 0 Å². The number of nitrogens with zero attached hydrogens (tertiary/aromatic N) is 1. The first kappa shape index (κ1) is 14.2. The minimum atomic E-state index is 0.245. The number of rotatable bonds is 5. The summed E-state index contributed by atoms with van der Waals surface area (Å²) in [6.07, 6.45) is 2.90. The quantitative estimate of drug-likeness (QED) is 0.868. The van der Waals surface area contributed by atoms with Gasteiger partial charge in [-0.15, -0.1) is 0 Å². The van der Waals surface area contributed by atoms with Gasteiger partial charge in [-0.05, 0) is 43.2 Å². The lowest BCUT2D eigenvalue weighted by Gasteiger charge is -2.22. The van der Waals surface area contributed by atoms with Gasteiger partial charge in [0.25, 0.3) is 0 Å². The SMILES string of the molecule is CCC(NC(C)c1ccccn1)c1ccc(Br)cc1.